The highest BCUT2D eigenvalue weighted by Gasteiger charge is 2.22. The first kappa shape index (κ1) is 21.2. The van der Waals surface area contributed by atoms with Crippen molar-refractivity contribution >= 4 is 6.03 Å². The zero-order valence-electron chi connectivity index (χ0n) is 17.9. The molecule has 2 amide bonds. The molecule has 1 saturated heterocycles. The Bertz CT molecular complexity index is 783. The molecule has 0 saturated carbocycles. The Morgan fingerprint density at radius 3 is 2.45 bits per heavy atom. The molecule has 1 N–H and O–H groups in total. The summed E-state index contributed by atoms with van der Waals surface area (Å²) in [4.78, 5) is 17.0. The van der Waals surface area contributed by atoms with Crippen molar-refractivity contribution < 1.29 is 9.53 Å². The van der Waals surface area contributed by atoms with E-state index in [1.165, 1.54) is 16.7 Å². The zero-order valence-corrected chi connectivity index (χ0v) is 17.9. The average Bonchev–Trinajstić information content (AvgIpc) is 2.73. The molecule has 2 aromatic rings. The van der Waals surface area contributed by atoms with Crippen LogP contribution in [0.25, 0.3) is 0 Å². The van der Waals surface area contributed by atoms with E-state index in [9.17, 15) is 4.79 Å². The second kappa shape index (κ2) is 10.3. The molecule has 1 heterocycles. The first-order valence-corrected chi connectivity index (χ1v) is 10.5. The van der Waals surface area contributed by atoms with Gasteiger partial charge in [-0.3, -0.25) is 4.90 Å². The monoisotopic (exact) mass is 395 g/mol. The summed E-state index contributed by atoms with van der Waals surface area (Å²) < 4.78 is 5.19. The summed E-state index contributed by atoms with van der Waals surface area (Å²) in [7, 11) is 1.68. The third kappa shape index (κ3) is 6.50. The van der Waals surface area contributed by atoms with Gasteiger partial charge in [0.2, 0.25) is 0 Å². The van der Waals surface area contributed by atoms with E-state index in [2.05, 4.69) is 60.5 Å². The van der Waals surface area contributed by atoms with E-state index >= 15 is 0 Å². The molecule has 5 heteroatoms. The van der Waals surface area contributed by atoms with Gasteiger partial charge in [-0.15, -0.1) is 0 Å². The number of nitrogens with zero attached hydrogens (tertiary/aromatic N) is 2. The van der Waals surface area contributed by atoms with Crippen LogP contribution in [0.5, 0.6) is 5.75 Å². The SMILES string of the molecule is COc1ccc(CCC(C)NC(=O)N2CCN(Cc3cccc(C)c3)CC2)cc1. The lowest BCUT2D eigenvalue weighted by atomic mass is 10.1. The van der Waals surface area contributed by atoms with Gasteiger partial charge in [0.05, 0.1) is 7.11 Å². The van der Waals surface area contributed by atoms with E-state index in [-0.39, 0.29) is 12.1 Å². The minimum atomic E-state index is 0.0578. The van der Waals surface area contributed by atoms with Crippen molar-refractivity contribution in [2.24, 2.45) is 0 Å². The number of nitrogens with one attached hydrogen (secondary N) is 1. The second-order valence-corrected chi connectivity index (χ2v) is 7.99. The fourth-order valence-corrected chi connectivity index (χ4v) is 3.73. The molecule has 1 aliphatic rings. The molecule has 1 atom stereocenters. The number of urea groups is 1. The van der Waals surface area contributed by atoms with Gasteiger partial charge in [-0.2, -0.15) is 0 Å². The highest BCUT2D eigenvalue weighted by atomic mass is 16.5. The van der Waals surface area contributed by atoms with Crippen LogP contribution in [-0.2, 0) is 13.0 Å². The Balaban J connectivity index is 1.38. The number of benzene rings is 2. The van der Waals surface area contributed by atoms with Crippen LogP contribution in [-0.4, -0.2) is 55.2 Å². The van der Waals surface area contributed by atoms with Gasteiger partial charge in [0, 0.05) is 38.8 Å². The zero-order chi connectivity index (χ0) is 20.6. The molecule has 0 aromatic heterocycles. The third-order valence-electron chi connectivity index (χ3n) is 5.54. The number of piperazine rings is 1. The summed E-state index contributed by atoms with van der Waals surface area (Å²) in [5.74, 6) is 0.872. The number of hydrogen-bond donors (Lipinski definition) is 1. The maximum atomic E-state index is 12.6. The largest absolute Gasteiger partial charge is 0.497 e. The van der Waals surface area contributed by atoms with Crippen molar-refractivity contribution in [2.45, 2.75) is 39.3 Å². The Morgan fingerprint density at radius 2 is 1.79 bits per heavy atom. The molecule has 0 spiro atoms. The summed E-state index contributed by atoms with van der Waals surface area (Å²) in [6, 6.07) is 17.0. The van der Waals surface area contributed by atoms with Crippen LogP contribution in [0.4, 0.5) is 4.79 Å². The van der Waals surface area contributed by atoms with Gasteiger partial charge in [0.25, 0.3) is 0 Å². The molecule has 1 unspecified atom stereocenters. The molecular formula is C24H33N3O2. The Kier molecular flexibility index (Phi) is 7.53. The van der Waals surface area contributed by atoms with E-state index in [1.807, 2.05) is 17.0 Å². The number of hydrogen-bond acceptors (Lipinski definition) is 3. The van der Waals surface area contributed by atoms with Gasteiger partial charge in [-0.1, -0.05) is 42.0 Å². The minimum Gasteiger partial charge on any atom is -0.497 e. The summed E-state index contributed by atoms with van der Waals surface area (Å²) in [6.45, 7) is 8.56. The van der Waals surface area contributed by atoms with Crippen LogP contribution in [0.2, 0.25) is 0 Å². The second-order valence-electron chi connectivity index (χ2n) is 7.99. The van der Waals surface area contributed by atoms with Crippen LogP contribution in [0.3, 0.4) is 0 Å². The lowest BCUT2D eigenvalue weighted by Crippen LogP contribution is -2.52. The smallest absolute Gasteiger partial charge is 0.317 e. The Hall–Kier alpha value is -2.53. The number of carbonyl (C=O) groups is 1. The molecule has 0 bridgehead atoms. The topological polar surface area (TPSA) is 44.8 Å². The maximum Gasteiger partial charge on any atom is 0.317 e. The number of amides is 2. The Labute approximate surface area is 174 Å². The summed E-state index contributed by atoms with van der Waals surface area (Å²) in [5, 5.41) is 3.16. The lowest BCUT2D eigenvalue weighted by molar-refractivity contribution is 0.133. The van der Waals surface area contributed by atoms with E-state index < -0.39 is 0 Å². The molecule has 3 rings (SSSR count). The molecular weight excluding hydrogens is 362 g/mol. The summed E-state index contributed by atoms with van der Waals surface area (Å²) in [5.41, 5.74) is 3.90. The number of aryl methyl sites for hydroxylation is 2. The molecule has 5 nitrogen and oxygen atoms in total. The van der Waals surface area contributed by atoms with E-state index in [1.54, 1.807) is 7.11 Å². The van der Waals surface area contributed by atoms with Crippen LogP contribution < -0.4 is 10.1 Å². The van der Waals surface area contributed by atoms with Crippen molar-refractivity contribution in [3.05, 3.63) is 65.2 Å². The fourth-order valence-electron chi connectivity index (χ4n) is 3.73. The lowest BCUT2D eigenvalue weighted by Gasteiger charge is -2.35. The van der Waals surface area contributed by atoms with Gasteiger partial charge >= 0.3 is 6.03 Å². The van der Waals surface area contributed by atoms with Crippen molar-refractivity contribution in [3.63, 3.8) is 0 Å². The molecule has 29 heavy (non-hydrogen) atoms. The first-order valence-electron chi connectivity index (χ1n) is 10.5. The molecule has 156 valence electrons. The quantitative estimate of drug-likeness (QED) is 0.774. The summed E-state index contributed by atoms with van der Waals surface area (Å²) in [6.07, 6.45) is 1.86. The number of methoxy groups -OCH3 is 1. The van der Waals surface area contributed by atoms with Crippen LogP contribution >= 0.6 is 0 Å². The van der Waals surface area contributed by atoms with Gasteiger partial charge in [-0.05, 0) is 49.9 Å². The number of carbonyl (C=O) groups excluding carboxylic acids is 1. The number of rotatable bonds is 7. The van der Waals surface area contributed by atoms with E-state index in [4.69, 9.17) is 4.74 Å². The molecule has 1 aliphatic heterocycles. The van der Waals surface area contributed by atoms with Crippen LogP contribution in [0.1, 0.15) is 30.0 Å². The van der Waals surface area contributed by atoms with Crippen molar-refractivity contribution in [1.29, 1.82) is 0 Å². The minimum absolute atomic E-state index is 0.0578. The molecule has 2 aromatic carbocycles. The highest BCUT2D eigenvalue weighted by molar-refractivity contribution is 5.74. The Morgan fingerprint density at radius 1 is 1.07 bits per heavy atom. The maximum absolute atomic E-state index is 12.6. The summed E-state index contributed by atoms with van der Waals surface area (Å²) >= 11 is 0. The van der Waals surface area contributed by atoms with Gasteiger partial charge in [0.15, 0.2) is 0 Å². The van der Waals surface area contributed by atoms with Crippen LogP contribution in [0, 0.1) is 6.92 Å². The fraction of sp³-hybridized carbons (Fsp3) is 0.458. The molecule has 0 aliphatic carbocycles. The van der Waals surface area contributed by atoms with E-state index in [0.717, 1.165) is 51.3 Å². The molecule has 1 fully saturated rings. The van der Waals surface area contributed by atoms with Gasteiger partial charge in [-0.25, -0.2) is 4.79 Å². The van der Waals surface area contributed by atoms with E-state index in [0.29, 0.717) is 0 Å². The third-order valence-corrected chi connectivity index (χ3v) is 5.54. The van der Waals surface area contributed by atoms with Crippen molar-refractivity contribution in [2.75, 3.05) is 33.3 Å². The first-order chi connectivity index (χ1) is 14.0. The van der Waals surface area contributed by atoms with Gasteiger partial charge < -0.3 is 15.0 Å². The predicted octanol–water partition coefficient (Wildman–Crippen LogP) is 3.85. The van der Waals surface area contributed by atoms with Crippen molar-refractivity contribution in [1.82, 2.24) is 15.1 Å². The normalized spacial score (nSPS) is 15.8. The number of ether oxygens (including phenoxy) is 1. The predicted molar refractivity (Wildman–Crippen MR) is 117 cm³/mol. The standard InChI is InChI=1S/C24H33N3O2/c1-19-5-4-6-22(17-19)18-26-13-15-27(16-14-26)24(28)25-20(2)7-8-21-9-11-23(29-3)12-10-21/h4-6,9-12,17,20H,7-8,13-16,18H2,1-3H3,(H,25,28). The van der Waals surface area contributed by atoms with Gasteiger partial charge in [0.1, 0.15) is 5.75 Å². The van der Waals surface area contributed by atoms with Crippen molar-refractivity contribution in [3.8, 4) is 5.75 Å². The van der Waals surface area contributed by atoms with Crippen LogP contribution in [0.15, 0.2) is 48.5 Å². The molecule has 0 radical (unpaired) electrons. The average molecular weight is 396 g/mol. The highest BCUT2D eigenvalue weighted by Crippen LogP contribution is 2.14.